The van der Waals surface area contributed by atoms with Gasteiger partial charge in [-0.05, 0) is 109 Å². The Bertz CT molecular complexity index is 1890. The lowest BCUT2D eigenvalue weighted by Gasteiger charge is -2.33. The Morgan fingerprint density at radius 2 is 1.14 bits per heavy atom. The molecule has 306 valence electrons. The highest BCUT2D eigenvalue weighted by Crippen LogP contribution is 2.52. The quantitative estimate of drug-likeness (QED) is 0.0795. The first-order valence-corrected chi connectivity index (χ1v) is 23.4. The lowest BCUT2D eigenvalue weighted by molar-refractivity contribution is -0.00906. The molecule has 0 bridgehead atoms. The molecule has 4 aromatic carbocycles. The molecule has 1 aliphatic heterocycles. The van der Waals surface area contributed by atoms with Crippen LogP contribution in [0.4, 0.5) is 11.4 Å². The van der Waals surface area contributed by atoms with E-state index in [0.29, 0.717) is 51.1 Å². The van der Waals surface area contributed by atoms with Crippen molar-refractivity contribution < 1.29 is 32.0 Å². The molecule has 10 nitrogen and oxygen atoms in total. The second-order valence-corrected chi connectivity index (χ2v) is 19.0. The van der Waals surface area contributed by atoms with Crippen molar-refractivity contribution in [1.29, 1.82) is 0 Å². The number of hydrogen-bond donors (Lipinski definition) is 0. The predicted octanol–water partition coefficient (Wildman–Crippen LogP) is 12.2. The van der Waals surface area contributed by atoms with Crippen LogP contribution in [0.1, 0.15) is 52.2 Å². The number of rotatable bonds is 20. The highest BCUT2D eigenvalue weighted by Gasteiger charge is 2.34. The molecule has 0 amide bonds. The van der Waals surface area contributed by atoms with E-state index in [9.17, 15) is 9.13 Å². The highest BCUT2D eigenvalue weighted by atomic mass is 35.5. The van der Waals surface area contributed by atoms with E-state index in [0.717, 1.165) is 34.8 Å². The fourth-order valence-electron chi connectivity index (χ4n) is 6.11. The van der Waals surface area contributed by atoms with Crippen molar-refractivity contribution in [3.63, 3.8) is 0 Å². The molecule has 0 aromatic heterocycles. The van der Waals surface area contributed by atoms with Gasteiger partial charge in [0.15, 0.2) is 0 Å². The third kappa shape index (κ3) is 12.2. The average molecular weight is 867 g/mol. The smallest absolute Gasteiger partial charge is 0.364 e. The number of halogens is 2. The molecule has 0 N–H and O–H groups in total. The topological polar surface area (TPSA) is 90.0 Å². The molecule has 0 radical (unpaired) electrons. The summed E-state index contributed by atoms with van der Waals surface area (Å²) in [7, 11) is -3.03. The third-order valence-electron chi connectivity index (χ3n) is 8.98. The van der Waals surface area contributed by atoms with E-state index >= 15 is 0 Å². The summed E-state index contributed by atoms with van der Waals surface area (Å²) in [6, 6.07) is 32.0. The zero-order valence-corrected chi connectivity index (χ0v) is 37.5. The van der Waals surface area contributed by atoms with Crippen molar-refractivity contribution in [2.45, 2.75) is 56.4 Å². The number of nitrogens with zero attached hydrogens (tertiary/aromatic N) is 3. The van der Waals surface area contributed by atoms with Crippen molar-refractivity contribution in [1.82, 2.24) is 9.34 Å². The highest BCUT2D eigenvalue weighted by molar-refractivity contribution is 7.99. The molecular weight excluding hydrogens is 811 g/mol. The normalized spacial score (nSPS) is 13.9. The molecule has 0 saturated heterocycles. The van der Waals surface area contributed by atoms with Crippen LogP contribution in [0.25, 0.3) is 0 Å². The second kappa shape index (κ2) is 22.2. The summed E-state index contributed by atoms with van der Waals surface area (Å²) in [5.74, 6) is 0. The van der Waals surface area contributed by atoms with Gasteiger partial charge in [0.2, 0.25) is 0 Å². The number of likely N-dealkylation sites (N-methyl/N-ethyl adjacent to an activating group) is 1. The van der Waals surface area contributed by atoms with E-state index < -0.39 is 21.1 Å². The molecule has 0 aliphatic carbocycles. The maximum absolute atomic E-state index is 12.9. The first-order chi connectivity index (χ1) is 26.8. The monoisotopic (exact) mass is 865 g/mol. The Morgan fingerprint density at radius 1 is 0.643 bits per heavy atom. The summed E-state index contributed by atoms with van der Waals surface area (Å²) in [6.07, 6.45) is 0.797. The van der Waals surface area contributed by atoms with Gasteiger partial charge in [-0.1, -0.05) is 89.6 Å². The number of para-hydroxylation sites is 1. The Morgan fingerprint density at radius 3 is 1.73 bits per heavy atom. The van der Waals surface area contributed by atoms with Gasteiger partial charge >= 0.3 is 15.5 Å². The SMILES string of the molecule is CCOP(=O)(OCC)N(C)CCCN1c2ccccc2Sc2ccc(Cl)cc21.CCOP(=O)(OCC)N(C)CCOC(C)(c1ccccc1)c1ccc(Cl)cc1. The average Bonchev–Trinajstić information content (AvgIpc) is 3.19. The fraction of sp³-hybridized carbons (Fsp3) is 0.415. The van der Waals surface area contributed by atoms with Gasteiger partial charge in [0.05, 0.1) is 44.4 Å². The molecule has 0 saturated carbocycles. The predicted molar refractivity (Wildman–Crippen MR) is 231 cm³/mol. The van der Waals surface area contributed by atoms with Crippen LogP contribution in [0.5, 0.6) is 0 Å². The molecule has 5 rings (SSSR count). The number of ether oxygens (including phenoxy) is 1. The minimum absolute atomic E-state index is 0.314. The summed E-state index contributed by atoms with van der Waals surface area (Å²) in [5, 5.41) is 1.39. The van der Waals surface area contributed by atoms with Crippen molar-refractivity contribution in [3.05, 3.63) is 118 Å². The standard InChI is InChI=1S/C21H29ClNO4P.C20H26ClN2O3PS/c1-5-26-28(24,27-6-2)23(4)16-17-25-21(3,18-10-8-7-9-11-18)19-12-14-20(22)15-13-19;1-4-25-27(24,26-5-2)22(3)13-8-14-23-17-9-6-7-10-19(17)28-20-12-11-16(21)15-18(20)23/h7-15H,5-6,16-17H2,1-4H3;6-7,9-12,15H,4-5,8,13-14H2,1-3H3. The summed E-state index contributed by atoms with van der Waals surface area (Å²) in [5.41, 5.74) is 3.62. The molecule has 4 aromatic rings. The van der Waals surface area contributed by atoms with Gasteiger partial charge in [0.25, 0.3) is 0 Å². The maximum Gasteiger partial charge on any atom is 0.407 e. The van der Waals surface area contributed by atoms with Crippen LogP contribution in [-0.4, -0.2) is 76.1 Å². The number of hydrogen-bond acceptors (Lipinski definition) is 9. The van der Waals surface area contributed by atoms with Gasteiger partial charge in [0.1, 0.15) is 5.60 Å². The van der Waals surface area contributed by atoms with Crippen LogP contribution in [0.15, 0.2) is 107 Å². The van der Waals surface area contributed by atoms with Gasteiger partial charge < -0.3 is 9.64 Å². The molecule has 0 spiro atoms. The van der Waals surface area contributed by atoms with Crippen molar-refractivity contribution in [3.8, 4) is 0 Å². The van der Waals surface area contributed by atoms with Crippen molar-refractivity contribution >= 4 is 61.8 Å². The van der Waals surface area contributed by atoms with Crippen LogP contribution in [0.3, 0.4) is 0 Å². The van der Waals surface area contributed by atoms with Gasteiger partial charge in [-0.15, -0.1) is 0 Å². The molecular formula is C41H55Cl2N3O7P2S. The van der Waals surface area contributed by atoms with Crippen LogP contribution in [0, 0.1) is 0 Å². The second-order valence-electron chi connectivity index (χ2n) is 12.8. The van der Waals surface area contributed by atoms with Crippen LogP contribution in [-0.2, 0) is 37.6 Å². The van der Waals surface area contributed by atoms with Gasteiger partial charge in [-0.3, -0.25) is 18.1 Å². The third-order valence-corrected chi connectivity index (χ3v) is 15.0. The number of fused-ring (bicyclic) bond motifs is 2. The first-order valence-electron chi connectivity index (χ1n) is 18.8. The van der Waals surface area contributed by atoms with Crippen molar-refractivity contribution in [2.75, 3.05) is 71.7 Å². The largest absolute Gasteiger partial charge is 0.407 e. The Hall–Kier alpha value is -2.21. The van der Waals surface area contributed by atoms with E-state index in [2.05, 4.69) is 29.2 Å². The minimum atomic E-state index is -3.31. The summed E-state index contributed by atoms with van der Waals surface area (Å²) in [4.78, 5) is 4.69. The molecule has 1 heterocycles. The Kier molecular flexibility index (Phi) is 18.5. The lowest BCUT2D eigenvalue weighted by atomic mass is 9.88. The lowest BCUT2D eigenvalue weighted by Crippen LogP contribution is -2.32. The zero-order chi connectivity index (χ0) is 40.8. The Balaban J connectivity index is 0.000000249. The molecule has 0 fully saturated rings. The van der Waals surface area contributed by atoms with E-state index in [1.54, 1.807) is 49.0 Å². The first kappa shape index (κ1) is 46.5. The van der Waals surface area contributed by atoms with E-state index in [4.69, 9.17) is 46.0 Å². The summed E-state index contributed by atoms with van der Waals surface area (Å²) >= 11 is 14.1. The number of anilines is 2. The van der Waals surface area contributed by atoms with E-state index in [-0.39, 0.29) is 0 Å². The molecule has 15 heteroatoms. The number of benzene rings is 4. The summed E-state index contributed by atoms with van der Waals surface area (Å²) in [6.45, 7) is 12.7. The Labute approximate surface area is 347 Å². The maximum atomic E-state index is 12.9. The van der Waals surface area contributed by atoms with E-state index in [1.165, 1.54) is 15.5 Å². The van der Waals surface area contributed by atoms with Gasteiger partial charge in [0, 0.05) is 39.5 Å². The minimum Gasteiger partial charge on any atom is -0.364 e. The van der Waals surface area contributed by atoms with Crippen LogP contribution >= 0.6 is 50.5 Å². The van der Waals surface area contributed by atoms with E-state index in [1.807, 2.05) is 93.6 Å². The van der Waals surface area contributed by atoms with Crippen molar-refractivity contribution in [2.24, 2.45) is 0 Å². The van der Waals surface area contributed by atoms with Crippen LogP contribution in [0.2, 0.25) is 10.0 Å². The van der Waals surface area contributed by atoms with Crippen LogP contribution < -0.4 is 4.90 Å². The van der Waals surface area contributed by atoms with Gasteiger partial charge in [-0.2, -0.15) is 0 Å². The molecule has 1 aliphatic rings. The summed E-state index contributed by atoms with van der Waals surface area (Å²) < 4.78 is 57.0. The fourth-order valence-corrected chi connectivity index (χ4v) is 10.4. The molecule has 1 unspecified atom stereocenters. The molecule has 56 heavy (non-hydrogen) atoms. The van der Waals surface area contributed by atoms with Gasteiger partial charge in [-0.25, -0.2) is 18.5 Å². The molecule has 1 atom stereocenters. The zero-order valence-electron chi connectivity index (χ0n) is 33.4.